The molecule has 1 atom stereocenters. The summed E-state index contributed by atoms with van der Waals surface area (Å²) in [7, 11) is 0. The van der Waals surface area contributed by atoms with Gasteiger partial charge in [0.1, 0.15) is 0 Å². The molecule has 2 aromatic carbocycles. The summed E-state index contributed by atoms with van der Waals surface area (Å²) in [4.78, 5) is 15.7. The van der Waals surface area contributed by atoms with Crippen LogP contribution in [0.2, 0.25) is 0 Å². The minimum atomic E-state index is -2.38. The van der Waals surface area contributed by atoms with Gasteiger partial charge in [0.25, 0.3) is 17.2 Å². The fourth-order valence-corrected chi connectivity index (χ4v) is 4.66. The zero-order valence-electron chi connectivity index (χ0n) is 15.8. The maximum Gasteiger partial charge on any atom is 0.264 e. The smallest absolute Gasteiger partial charge is 0.264 e. The molecule has 1 aromatic heterocycles. The van der Waals surface area contributed by atoms with E-state index in [4.69, 9.17) is 4.55 Å². The molecule has 0 saturated heterocycles. The van der Waals surface area contributed by atoms with E-state index in [2.05, 4.69) is 24.0 Å². The molecule has 3 aromatic rings. The summed E-state index contributed by atoms with van der Waals surface area (Å²) >= 11 is -2.38. The van der Waals surface area contributed by atoms with Gasteiger partial charge in [0.15, 0.2) is 0 Å². The molecule has 0 radical (unpaired) electrons. The van der Waals surface area contributed by atoms with Gasteiger partial charge in [0, 0.05) is 22.0 Å². The largest absolute Gasteiger partial charge is 0.354 e. The van der Waals surface area contributed by atoms with Crippen LogP contribution in [-0.2, 0) is 11.3 Å². The fraction of sp³-hybridized carbons (Fsp3) is 0.318. The van der Waals surface area contributed by atoms with Crippen molar-refractivity contribution < 1.29 is 13.6 Å². The van der Waals surface area contributed by atoms with Crippen LogP contribution in [0.25, 0.3) is 22.2 Å². The van der Waals surface area contributed by atoms with Crippen molar-refractivity contribution in [2.45, 2.75) is 44.9 Å². The summed E-state index contributed by atoms with van der Waals surface area (Å²) in [6.45, 7) is 2.11. The molecule has 3 N–H and O–H groups in total. The summed E-state index contributed by atoms with van der Waals surface area (Å²) in [6.07, 6.45) is 6.14. The molecular formula is C22H24N2O3S. The highest BCUT2D eigenvalue weighted by Gasteiger charge is 2.24. The molecule has 1 saturated carbocycles. The van der Waals surface area contributed by atoms with E-state index in [0.29, 0.717) is 11.5 Å². The molecular weight excluding hydrogens is 372 g/mol. The van der Waals surface area contributed by atoms with Crippen LogP contribution in [0.4, 0.5) is 0 Å². The number of carbonyl (C=O) groups is 1. The van der Waals surface area contributed by atoms with Gasteiger partial charge in [-0.15, -0.1) is 0 Å². The SMILES string of the molecule is Cc1ccccc1-c1[nH]c2cc(C(=O)NS(=O)O)ccc2c1C1CCCCC1. The summed E-state index contributed by atoms with van der Waals surface area (Å²) in [5, 5.41) is 1.13. The zero-order valence-corrected chi connectivity index (χ0v) is 16.6. The number of hydrogen-bond acceptors (Lipinski definition) is 2. The number of aromatic amines is 1. The van der Waals surface area contributed by atoms with Gasteiger partial charge in [0.2, 0.25) is 0 Å². The molecule has 6 heteroatoms. The topological polar surface area (TPSA) is 82.2 Å². The Bertz CT molecular complexity index is 1050. The normalized spacial score (nSPS) is 16.2. The quantitative estimate of drug-likeness (QED) is 0.539. The second-order valence-corrected chi connectivity index (χ2v) is 8.21. The first kappa shape index (κ1) is 18.9. The van der Waals surface area contributed by atoms with Crippen LogP contribution in [0.15, 0.2) is 42.5 Å². The molecule has 1 aliphatic carbocycles. The van der Waals surface area contributed by atoms with Crippen molar-refractivity contribution in [2.75, 3.05) is 0 Å². The van der Waals surface area contributed by atoms with E-state index >= 15 is 0 Å². The third-order valence-electron chi connectivity index (χ3n) is 5.71. The lowest BCUT2D eigenvalue weighted by atomic mass is 9.81. The first-order chi connectivity index (χ1) is 13.5. The van der Waals surface area contributed by atoms with Crippen LogP contribution >= 0.6 is 0 Å². The van der Waals surface area contributed by atoms with Crippen molar-refractivity contribution in [1.29, 1.82) is 0 Å². The van der Waals surface area contributed by atoms with E-state index in [1.165, 1.54) is 48.8 Å². The van der Waals surface area contributed by atoms with E-state index in [1.807, 2.05) is 22.9 Å². The summed E-state index contributed by atoms with van der Waals surface area (Å²) in [5.41, 5.74) is 6.10. The van der Waals surface area contributed by atoms with Crippen molar-refractivity contribution in [3.05, 3.63) is 59.2 Å². The Morgan fingerprint density at radius 1 is 1.14 bits per heavy atom. The second-order valence-electron chi connectivity index (χ2n) is 7.50. The number of aryl methyl sites for hydroxylation is 1. The molecule has 0 spiro atoms. The van der Waals surface area contributed by atoms with Crippen LogP contribution in [0.1, 0.15) is 59.5 Å². The van der Waals surface area contributed by atoms with Gasteiger partial charge in [-0.1, -0.05) is 49.6 Å². The highest BCUT2D eigenvalue weighted by Crippen LogP contribution is 2.43. The van der Waals surface area contributed by atoms with Crippen LogP contribution in [0.5, 0.6) is 0 Å². The Balaban J connectivity index is 1.87. The molecule has 1 unspecified atom stereocenters. The molecule has 1 amide bonds. The minimum Gasteiger partial charge on any atom is -0.354 e. The van der Waals surface area contributed by atoms with Crippen molar-refractivity contribution in [1.82, 2.24) is 9.71 Å². The third-order valence-corrected chi connectivity index (χ3v) is 6.07. The van der Waals surface area contributed by atoms with Crippen molar-refractivity contribution in [3.8, 4) is 11.3 Å². The molecule has 28 heavy (non-hydrogen) atoms. The molecule has 4 rings (SSSR count). The van der Waals surface area contributed by atoms with Crippen molar-refractivity contribution >= 4 is 28.1 Å². The Kier molecular flexibility index (Phi) is 5.33. The molecule has 146 valence electrons. The molecule has 5 nitrogen and oxygen atoms in total. The predicted octanol–water partition coefficient (Wildman–Crippen LogP) is 5.06. The predicted molar refractivity (Wildman–Crippen MR) is 113 cm³/mol. The lowest BCUT2D eigenvalue weighted by Crippen LogP contribution is -2.24. The first-order valence-corrected chi connectivity index (χ1v) is 10.8. The van der Waals surface area contributed by atoms with E-state index in [1.54, 1.807) is 12.1 Å². The number of H-pyrrole nitrogens is 1. The van der Waals surface area contributed by atoms with E-state index in [0.717, 1.165) is 16.6 Å². The number of benzene rings is 2. The van der Waals surface area contributed by atoms with Gasteiger partial charge in [0.05, 0.1) is 5.69 Å². The van der Waals surface area contributed by atoms with E-state index < -0.39 is 17.2 Å². The number of amides is 1. The van der Waals surface area contributed by atoms with Crippen molar-refractivity contribution in [3.63, 3.8) is 0 Å². The first-order valence-electron chi connectivity index (χ1n) is 9.68. The fourth-order valence-electron chi connectivity index (χ4n) is 4.38. The van der Waals surface area contributed by atoms with Gasteiger partial charge in [-0.05, 0) is 48.9 Å². The van der Waals surface area contributed by atoms with Gasteiger partial charge in [-0.2, -0.15) is 0 Å². The number of nitrogens with one attached hydrogen (secondary N) is 2. The zero-order chi connectivity index (χ0) is 19.7. The van der Waals surface area contributed by atoms with Gasteiger partial charge in [-0.3, -0.25) is 9.35 Å². The third kappa shape index (κ3) is 3.62. The molecule has 1 heterocycles. The van der Waals surface area contributed by atoms with Gasteiger partial charge in [-0.25, -0.2) is 8.93 Å². The lowest BCUT2D eigenvalue weighted by Gasteiger charge is -2.23. The lowest BCUT2D eigenvalue weighted by molar-refractivity contribution is 0.0981. The summed E-state index contributed by atoms with van der Waals surface area (Å²) in [6, 6.07) is 13.8. The Morgan fingerprint density at radius 2 is 1.89 bits per heavy atom. The molecule has 1 aliphatic rings. The number of aromatic nitrogens is 1. The number of carbonyl (C=O) groups excluding carboxylic acids is 1. The Morgan fingerprint density at radius 3 is 2.61 bits per heavy atom. The highest BCUT2D eigenvalue weighted by molar-refractivity contribution is 7.77. The molecule has 0 bridgehead atoms. The van der Waals surface area contributed by atoms with Gasteiger partial charge >= 0.3 is 0 Å². The van der Waals surface area contributed by atoms with Crippen LogP contribution in [0, 0.1) is 6.92 Å². The monoisotopic (exact) mass is 396 g/mol. The highest BCUT2D eigenvalue weighted by atomic mass is 32.2. The Hall–Kier alpha value is -2.44. The molecule has 1 fully saturated rings. The maximum atomic E-state index is 12.1. The Labute approximate surface area is 167 Å². The second kappa shape index (κ2) is 7.89. The molecule has 0 aliphatic heterocycles. The average molecular weight is 397 g/mol. The average Bonchev–Trinajstić information content (AvgIpc) is 3.07. The number of rotatable bonds is 4. The summed E-state index contributed by atoms with van der Waals surface area (Å²) in [5.74, 6) is -0.0595. The minimum absolute atomic E-state index is 0.364. The summed E-state index contributed by atoms with van der Waals surface area (Å²) < 4.78 is 21.9. The standard InChI is InChI=1S/C22H24N2O3S/c1-14-7-5-6-10-17(14)21-20(15-8-3-2-4-9-15)18-12-11-16(13-19(18)23-21)22(25)24-28(26)27/h5-7,10-13,15,23H,2-4,8-9H2,1H3,(H,24,25)(H,26,27). The van der Waals surface area contributed by atoms with Gasteiger partial charge < -0.3 is 4.98 Å². The van der Waals surface area contributed by atoms with Crippen LogP contribution in [0.3, 0.4) is 0 Å². The van der Waals surface area contributed by atoms with E-state index in [-0.39, 0.29) is 0 Å². The van der Waals surface area contributed by atoms with Crippen LogP contribution < -0.4 is 4.72 Å². The number of hydrogen-bond donors (Lipinski definition) is 3. The van der Waals surface area contributed by atoms with E-state index in [9.17, 15) is 9.00 Å². The van der Waals surface area contributed by atoms with Crippen LogP contribution in [-0.4, -0.2) is 19.7 Å². The van der Waals surface area contributed by atoms with Crippen molar-refractivity contribution in [2.24, 2.45) is 0 Å². The maximum absolute atomic E-state index is 12.1. The number of fused-ring (bicyclic) bond motifs is 1.